The van der Waals surface area contributed by atoms with Gasteiger partial charge >= 0.3 is 7.60 Å². The number of rotatable bonds is 17. The Kier molecular flexibility index (Phi) is 12.1. The molecule has 2 N–H and O–H groups in total. The molecule has 1 aliphatic rings. The first kappa shape index (κ1) is 38.1. The average molecular weight is 741 g/mol. The lowest BCUT2D eigenvalue weighted by atomic mass is 10.0. The number of anilines is 2. The van der Waals surface area contributed by atoms with Crippen LogP contribution in [0.3, 0.4) is 0 Å². The number of hydrogen-bond acceptors (Lipinski definition) is 10. The molecule has 1 aliphatic carbocycles. The van der Waals surface area contributed by atoms with E-state index in [-0.39, 0.29) is 55.7 Å². The van der Waals surface area contributed by atoms with Crippen molar-refractivity contribution in [2.75, 3.05) is 50.4 Å². The minimum atomic E-state index is -3.52. The van der Waals surface area contributed by atoms with Gasteiger partial charge in [0.1, 0.15) is 29.9 Å². The van der Waals surface area contributed by atoms with Crippen molar-refractivity contribution in [1.82, 2.24) is 9.88 Å². The molecule has 4 aromatic rings. The quantitative estimate of drug-likeness (QED) is 0.0845. The second-order valence-corrected chi connectivity index (χ2v) is 13.8. The third-order valence-electron chi connectivity index (χ3n) is 8.18. The fourth-order valence-electron chi connectivity index (χ4n) is 5.30. The van der Waals surface area contributed by atoms with E-state index >= 15 is 4.39 Å². The number of amides is 3. The van der Waals surface area contributed by atoms with Crippen LogP contribution in [-0.4, -0.2) is 67.4 Å². The Balaban J connectivity index is 1.25. The second-order valence-electron chi connectivity index (χ2n) is 11.8. The number of carbonyl (C=O) groups is 3. The van der Waals surface area contributed by atoms with Crippen molar-refractivity contribution in [2.24, 2.45) is 5.41 Å². The van der Waals surface area contributed by atoms with E-state index in [2.05, 4.69) is 15.6 Å². The van der Waals surface area contributed by atoms with Crippen LogP contribution < -0.4 is 24.8 Å². The molecular weight excluding hydrogens is 701 g/mol. The Morgan fingerprint density at radius 1 is 0.865 bits per heavy atom. The van der Waals surface area contributed by atoms with Gasteiger partial charge in [-0.05, 0) is 75.2 Å². The summed E-state index contributed by atoms with van der Waals surface area (Å²) < 4.78 is 69.6. The van der Waals surface area contributed by atoms with E-state index in [1.165, 1.54) is 61.5 Å². The van der Waals surface area contributed by atoms with Gasteiger partial charge in [0.15, 0.2) is 23.1 Å². The van der Waals surface area contributed by atoms with Gasteiger partial charge in [-0.3, -0.25) is 23.9 Å². The first-order valence-corrected chi connectivity index (χ1v) is 18.2. The monoisotopic (exact) mass is 740 g/mol. The minimum absolute atomic E-state index is 0.0179. The van der Waals surface area contributed by atoms with Gasteiger partial charge in [-0.2, -0.15) is 0 Å². The molecule has 0 aliphatic heterocycles. The molecular formula is C36H39F2N4O9P. The van der Waals surface area contributed by atoms with Gasteiger partial charge in [-0.15, -0.1) is 0 Å². The molecule has 0 unspecified atom stereocenters. The molecule has 16 heteroatoms. The van der Waals surface area contributed by atoms with Gasteiger partial charge in [-0.1, -0.05) is 0 Å². The lowest BCUT2D eigenvalue weighted by Crippen LogP contribution is -2.35. The van der Waals surface area contributed by atoms with Crippen LogP contribution in [0.2, 0.25) is 0 Å². The number of benzene rings is 3. The summed E-state index contributed by atoms with van der Waals surface area (Å²) in [6.45, 7) is 5.14. The Labute approximate surface area is 299 Å². The minimum Gasteiger partial charge on any atom is -0.493 e. The largest absolute Gasteiger partial charge is 0.493 e. The van der Waals surface area contributed by atoms with Gasteiger partial charge < -0.3 is 38.8 Å². The number of nitrogens with zero attached hydrogens (tertiary/aromatic N) is 2. The molecule has 0 spiro atoms. The van der Waals surface area contributed by atoms with Crippen LogP contribution in [0.4, 0.5) is 20.2 Å². The van der Waals surface area contributed by atoms with E-state index in [4.69, 9.17) is 23.3 Å². The van der Waals surface area contributed by atoms with Crippen LogP contribution in [0, 0.1) is 17.0 Å². The smallest absolute Gasteiger partial charge is 0.349 e. The number of aromatic nitrogens is 1. The average Bonchev–Trinajstić information content (AvgIpc) is 3.93. The second kappa shape index (κ2) is 16.5. The lowest BCUT2D eigenvalue weighted by Gasteiger charge is -2.26. The molecule has 0 radical (unpaired) electrons. The molecule has 1 fully saturated rings. The Bertz CT molecular complexity index is 1980. The van der Waals surface area contributed by atoms with Gasteiger partial charge in [0.25, 0.3) is 0 Å². The highest BCUT2D eigenvalue weighted by atomic mass is 31.2. The van der Waals surface area contributed by atoms with Crippen LogP contribution in [0.5, 0.6) is 23.0 Å². The van der Waals surface area contributed by atoms with Crippen LogP contribution >= 0.6 is 7.60 Å². The molecule has 0 saturated heterocycles. The Morgan fingerprint density at radius 3 is 2.12 bits per heavy atom. The molecule has 1 saturated carbocycles. The third kappa shape index (κ3) is 9.02. The predicted octanol–water partition coefficient (Wildman–Crippen LogP) is 7.12. The summed E-state index contributed by atoms with van der Waals surface area (Å²) in [5.74, 6) is -1.95. The van der Waals surface area contributed by atoms with Crippen LogP contribution in [0.15, 0.2) is 66.9 Å². The number of pyridine rings is 1. The van der Waals surface area contributed by atoms with Crippen LogP contribution in [0.25, 0.3) is 10.9 Å². The molecule has 3 amide bonds. The fourth-order valence-corrected chi connectivity index (χ4v) is 7.08. The molecule has 52 heavy (non-hydrogen) atoms. The maximum Gasteiger partial charge on any atom is 0.349 e. The number of ether oxygens (including phenoxy) is 3. The summed E-state index contributed by atoms with van der Waals surface area (Å²) in [6.07, 6.45) is 1.86. The summed E-state index contributed by atoms with van der Waals surface area (Å²) in [7, 11) is -2.08. The van der Waals surface area contributed by atoms with Crippen molar-refractivity contribution < 1.29 is 51.0 Å². The zero-order valence-corrected chi connectivity index (χ0v) is 30.0. The van der Waals surface area contributed by atoms with Gasteiger partial charge in [0.2, 0.25) is 17.7 Å². The van der Waals surface area contributed by atoms with E-state index < -0.39 is 36.5 Å². The van der Waals surface area contributed by atoms with Crippen molar-refractivity contribution in [2.45, 2.75) is 33.6 Å². The zero-order valence-electron chi connectivity index (χ0n) is 29.1. The number of hydrogen-bond donors (Lipinski definition) is 2. The van der Waals surface area contributed by atoms with Gasteiger partial charge in [-0.25, -0.2) is 8.78 Å². The van der Waals surface area contributed by atoms with E-state index in [1.807, 2.05) is 0 Å². The standard InChI is InChI=1S/C36H39F2N4O9P/c1-5-49-52(46,50-6-2)22-42(23(3)43)17-18-48-33-21-29-27(20-32(33)47-4)30(13-16-39-29)51-31-12-11-26(19-28(31)38)41-35(45)36(14-15-36)34(44)40-25-9-7-24(37)8-10-25/h7-13,16,19-21H,5-6,14-15,17-18,22H2,1-4H3,(H,40,44)(H,41,45). The summed E-state index contributed by atoms with van der Waals surface area (Å²) >= 11 is 0. The highest BCUT2D eigenvalue weighted by Gasteiger charge is 2.56. The third-order valence-corrected chi connectivity index (χ3v) is 10.2. The predicted molar refractivity (Wildman–Crippen MR) is 189 cm³/mol. The van der Waals surface area contributed by atoms with E-state index in [1.54, 1.807) is 32.0 Å². The number of halogens is 2. The summed E-state index contributed by atoms with van der Waals surface area (Å²) in [5.41, 5.74) is -0.404. The molecule has 0 bridgehead atoms. The number of fused-ring (bicyclic) bond motifs is 1. The molecule has 276 valence electrons. The van der Waals surface area contributed by atoms with Crippen molar-refractivity contribution >= 4 is 47.6 Å². The van der Waals surface area contributed by atoms with Crippen molar-refractivity contribution in [3.63, 3.8) is 0 Å². The maximum atomic E-state index is 15.3. The highest BCUT2D eigenvalue weighted by Crippen LogP contribution is 2.49. The van der Waals surface area contributed by atoms with Gasteiger partial charge in [0, 0.05) is 42.0 Å². The number of carbonyl (C=O) groups excluding carboxylic acids is 3. The van der Waals surface area contributed by atoms with E-state index in [0.717, 1.165) is 6.07 Å². The van der Waals surface area contributed by atoms with E-state index in [9.17, 15) is 23.3 Å². The Hall–Kier alpha value is -5.11. The highest BCUT2D eigenvalue weighted by molar-refractivity contribution is 7.53. The Morgan fingerprint density at radius 2 is 1.52 bits per heavy atom. The lowest BCUT2D eigenvalue weighted by molar-refractivity contribution is -0.131. The SMILES string of the molecule is CCOP(=O)(CN(CCOc1cc2nccc(Oc3ccc(NC(=O)C4(C(=O)Nc5ccc(F)cc5)CC4)cc3F)c2cc1OC)C(C)=O)OCC. The van der Waals surface area contributed by atoms with Crippen molar-refractivity contribution in [3.8, 4) is 23.0 Å². The molecule has 5 rings (SSSR count). The van der Waals surface area contributed by atoms with Gasteiger partial charge in [0.05, 0.1) is 32.4 Å². The molecule has 0 atom stereocenters. The molecule has 13 nitrogen and oxygen atoms in total. The van der Waals surface area contributed by atoms with Crippen molar-refractivity contribution in [3.05, 3.63) is 78.5 Å². The van der Waals surface area contributed by atoms with Crippen LogP contribution in [0.1, 0.15) is 33.6 Å². The fraction of sp³-hybridized carbons (Fsp3) is 0.333. The normalized spacial score (nSPS) is 13.3. The number of nitrogens with one attached hydrogen (secondary N) is 2. The maximum absolute atomic E-state index is 15.3. The first-order valence-electron chi connectivity index (χ1n) is 16.5. The molecule has 1 heterocycles. The first-order chi connectivity index (χ1) is 24.9. The van der Waals surface area contributed by atoms with Crippen LogP contribution in [-0.2, 0) is 28.0 Å². The summed E-state index contributed by atoms with van der Waals surface area (Å²) in [5, 5.41) is 5.72. The van der Waals surface area contributed by atoms with Crippen molar-refractivity contribution in [1.29, 1.82) is 0 Å². The number of methoxy groups -OCH3 is 1. The summed E-state index contributed by atoms with van der Waals surface area (Å²) in [6, 6.07) is 13.8. The molecule has 3 aromatic carbocycles. The van der Waals surface area contributed by atoms with E-state index in [0.29, 0.717) is 40.9 Å². The topological polar surface area (TPSA) is 155 Å². The summed E-state index contributed by atoms with van der Waals surface area (Å²) in [4.78, 5) is 44.0. The zero-order chi connectivity index (χ0) is 37.5. The molecule has 1 aromatic heterocycles.